The van der Waals surface area contributed by atoms with Crippen molar-refractivity contribution in [2.75, 3.05) is 7.11 Å². The van der Waals surface area contributed by atoms with E-state index in [0.29, 0.717) is 5.76 Å². The normalized spacial score (nSPS) is 9.95. The van der Waals surface area contributed by atoms with Crippen LogP contribution in [0.3, 0.4) is 0 Å². The summed E-state index contributed by atoms with van der Waals surface area (Å²) < 4.78 is 10.9. The van der Waals surface area contributed by atoms with E-state index < -0.39 is 0 Å². The molecule has 92 valence electrons. The molecule has 0 unspecified atom stereocenters. The summed E-state index contributed by atoms with van der Waals surface area (Å²) in [6, 6.07) is 17.5. The lowest BCUT2D eigenvalue weighted by Crippen LogP contribution is -1.86. The molecule has 0 N–H and O–H groups in total. The topological polar surface area (TPSA) is 22.4 Å². The van der Waals surface area contributed by atoms with Gasteiger partial charge in [0.05, 0.1) is 12.7 Å². The average molecular weight is 248 g/mol. The molecule has 0 saturated carbocycles. The third-order valence-electron chi connectivity index (χ3n) is 2.85. The van der Waals surface area contributed by atoms with Gasteiger partial charge in [-0.05, 0) is 24.1 Å². The zero-order chi connectivity index (χ0) is 13.1. The monoisotopic (exact) mass is 248 g/mol. The van der Waals surface area contributed by atoms with Crippen LogP contribution in [0, 0.1) is 11.8 Å². The van der Waals surface area contributed by atoms with Crippen LogP contribution in [-0.2, 0) is 0 Å². The Hall–Kier alpha value is -2.66. The molecular weight excluding hydrogens is 236 g/mol. The Kier molecular flexibility index (Phi) is 2.96. The van der Waals surface area contributed by atoms with E-state index in [4.69, 9.17) is 9.15 Å². The number of hydrogen-bond acceptors (Lipinski definition) is 2. The van der Waals surface area contributed by atoms with Crippen molar-refractivity contribution >= 4 is 11.0 Å². The third kappa shape index (κ3) is 2.31. The van der Waals surface area contributed by atoms with E-state index in [2.05, 4.69) is 11.8 Å². The maximum Gasteiger partial charge on any atom is 0.178 e. The molecule has 0 bridgehead atoms. The van der Waals surface area contributed by atoms with Gasteiger partial charge < -0.3 is 9.15 Å². The highest BCUT2D eigenvalue weighted by molar-refractivity contribution is 5.78. The quantitative estimate of drug-likeness (QED) is 0.610. The van der Waals surface area contributed by atoms with Crippen molar-refractivity contribution in [3.63, 3.8) is 0 Å². The number of fused-ring (bicyclic) bond motifs is 1. The highest BCUT2D eigenvalue weighted by Gasteiger charge is 2.00. The predicted octanol–water partition coefficient (Wildman–Crippen LogP) is 3.84. The summed E-state index contributed by atoms with van der Waals surface area (Å²) in [5, 5.41) is 1.06. The lowest BCUT2D eigenvalue weighted by molar-refractivity contribution is 0.413. The maximum atomic E-state index is 5.65. The molecule has 0 aliphatic rings. The molecule has 0 spiro atoms. The van der Waals surface area contributed by atoms with Gasteiger partial charge in [-0.3, -0.25) is 0 Å². The minimum absolute atomic E-state index is 0.659. The van der Waals surface area contributed by atoms with E-state index in [1.165, 1.54) is 0 Å². The first-order chi connectivity index (χ1) is 9.36. The molecule has 0 fully saturated rings. The van der Waals surface area contributed by atoms with Gasteiger partial charge in [-0.15, -0.1) is 0 Å². The minimum Gasteiger partial charge on any atom is -0.495 e. The van der Waals surface area contributed by atoms with Gasteiger partial charge in [0.2, 0.25) is 0 Å². The van der Waals surface area contributed by atoms with E-state index in [1.54, 1.807) is 7.11 Å². The molecule has 0 aliphatic carbocycles. The molecule has 0 amide bonds. The van der Waals surface area contributed by atoms with E-state index >= 15 is 0 Å². The van der Waals surface area contributed by atoms with Crippen LogP contribution >= 0.6 is 0 Å². The standard InChI is InChI=1S/C17H12O2/c1-18-16-8-4-2-6-13(16)10-11-15-12-14-7-3-5-9-17(14)19-15/h2-9,12H,1H3. The van der Waals surface area contributed by atoms with Crippen LogP contribution in [0.2, 0.25) is 0 Å². The van der Waals surface area contributed by atoms with Gasteiger partial charge in [-0.1, -0.05) is 36.3 Å². The highest BCUT2D eigenvalue weighted by atomic mass is 16.5. The van der Waals surface area contributed by atoms with Crippen molar-refractivity contribution in [1.82, 2.24) is 0 Å². The molecule has 19 heavy (non-hydrogen) atoms. The van der Waals surface area contributed by atoms with Gasteiger partial charge >= 0.3 is 0 Å². The molecular formula is C17H12O2. The number of methoxy groups -OCH3 is 1. The average Bonchev–Trinajstić information content (AvgIpc) is 2.88. The lowest BCUT2D eigenvalue weighted by Gasteiger charge is -2.00. The molecule has 3 rings (SSSR count). The Morgan fingerprint density at radius 2 is 1.74 bits per heavy atom. The second-order valence-corrected chi connectivity index (χ2v) is 4.10. The van der Waals surface area contributed by atoms with Gasteiger partial charge in [0.1, 0.15) is 11.3 Å². The Morgan fingerprint density at radius 1 is 0.947 bits per heavy atom. The van der Waals surface area contributed by atoms with E-state index in [9.17, 15) is 0 Å². The molecule has 1 aromatic heterocycles. The summed E-state index contributed by atoms with van der Waals surface area (Å²) in [4.78, 5) is 0. The molecule has 0 aliphatic heterocycles. The molecule has 1 heterocycles. The van der Waals surface area contributed by atoms with Gasteiger partial charge in [0.25, 0.3) is 0 Å². The van der Waals surface area contributed by atoms with Crippen molar-refractivity contribution in [3.8, 4) is 17.6 Å². The summed E-state index contributed by atoms with van der Waals surface area (Å²) in [6.45, 7) is 0. The molecule has 3 aromatic rings. The van der Waals surface area contributed by atoms with Crippen LogP contribution in [0.15, 0.2) is 59.0 Å². The van der Waals surface area contributed by atoms with Gasteiger partial charge in [0, 0.05) is 11.5 Å². The number of para-hydroxylation sites is 2. The first-order valence-electron chi connectivity index (χ1n) is 6.00. The summed E-state index contributed by atoms with van der Waals surface area (Å²) >= 11 is 0. The Balaban J connectivity index is 1.99. The van der Waals surface area contributed by atoms with Crippen molar-refractivity contribution in [2.24, 2.45) is 0 Å². The molecule has 0 atom stereocenters. The molecule has 2 nitrogen and oxygen atoms in total. The van der Waals surface area contributed by atoms with Crippen LogP contribution in [-0.4, -0.2) is 7.11 Å². The smallest absolute Gasteiger partial charge is 0.178 e. The number of furan rings is 1. The first kappa shape index (κ1) is 11.4. The summed E-state index contributed by atoms with van der Waals surface area (Å²) in [5.41, 5.74) is 1.71. The zero-order valence-corrected chi connectivity index (χ0v) is 10.5. The number of hydrogen-bond donors (Lipinski definition) is 0. The van der Waals surface area contributed by atoms with Crippen LogP contribution in [0.4, 0.5) is 0 Å². The third-order valence-corrected chi connectivity index (χ3v) is 2.85. The highest BCUT2D eigenvalue weighted by Crippen LogP contribution is 2.19. The summed E-state index contributed by atoms with van der Waals surface area (Å²) in [5.74, 6) is 7.53. The second kappa shape index (κ2) is 4.91. The van der Waals surface area contributed by atoms with Crippen molar-refractivity contribution in [1.29, 1.82) is 0 Å². The van der Waals surface area contributed by atoms with E-state index in [0.717, 1.165) is 22.3 Å². The van der Waals surface area contributed by atoms with Crippen LogP contribution < -0.4 is 4.74 Å². The lowest BCUT2D eigenvalue weighted by atomic mass is 10.2. The van der Waals surface area contributed by atoms with Crippen molar-refractivity contribution in [2.45, 2.75) is 0 Å². The summed E-state index contributed by atoms with van der Waals surface area (Å²) in [6.07, 6.45) is 0. The summed E-state index contributed by atoms with van der Waals surface area (Å²) in [7, 11) is 1.64. The fourth-order valence-electron chi connectivity index (χ4n) is 1.92. The molecule has 2 heteroatoms. The van der Waals surface area contributed by atoms with Gasteiger partial charge in [-0.2, -0.15) is 0 Å². The predicted molar refractivity (Wildman–Crippen MR) is 75.2 cm³/mol. The Labute approximate surface area is 111 Å². The second-order valence-electron chi connectivity index (χ2n) is 4.10. The van der Waals surface area contributed by atoms with Gasteiger partial charge in [-0.25, -0.2) is 0 Å². The number of benzene rings is 2. The van der Waals surface area contributed by atoms with Crippen LogP contribution in [0.1, 0.15) is 11.3 Å². The number of rotatable bonds is 1. The van der Waals surface area contributed by atoms with Crippen molar-refractivity contribution < 1.29 is 9.15 Å². The number of ether oxygens (including phenoxy) is 1. The van der Waals surface area contributed by atoms with E-state index in [-0.39, 0.29) is 0 Å². The SMILES string of the molecule is COc1ccccc1C#Cc1cc2ccccc2o1. The molecule has 2 aromatic carbocycles. The first-order valence-corrected chi connectivity index (χ1v) is 6.00. The minimum atomic E-state index is 0.659. The van der Waals surface area contributed by atoms with Crippen molar-refractivity contribution in [3.05, 3.63) is 65.9 Å². The van der Waals surface area contributed by atoms with Crippen LogP contribution in [0.5, 0.6) is 5.75 Å². The Bertz CT molecular complexity index is 739. The molecule has 0 saturated heterocycles. The van der Waals surface area contributed by atoms with E-state index in [1.807, 2.05) is 54.6 Å². The fraction of sp³-hybridized carbons (Fsp3) is 0.0588. The largest absolute Gasteiger partial charge is 0.495 e. The fourth-order valence-corrected chi connectivity index (χ4v) is 1.92. The molecule has 0 radical (unpaired) electrons. The maximum absolute atomic E-state index is 5.65. The van der Waals surface area contributed by atoms with Gasteiger partial charge in [0.15, 0.2) is 5.76 Å². The zero-order valence-electron chi connectivity index (χ0n) is 10.5. The van der Waals surface area contributed by atoms with Crippen LogP contribution in [0.25, 0.3) is 11.0 Å². The Morgan fingerprint density at radius 3 is 2.58 bits per heavy atom.